The predicted octanol–water partition coefficient (Wildman–Crippen LogP) is 6.63. The van der Waals surface area contributed by atoms with E-state index in [1.54, 1.807) is 37.5 Å². The predicted molar refractivity (Wildman–Crippen MR) is 135 cm³/mol. The van der Waals surface area contributed by atoms with Crippen molar-refractivity contribution in [3.8, 4) is 17.6 Å². The number of halogens is 1. The lowest BCUT2D eigenvalue weighted by Crippen LogP contribution is -2.13. The van der Waals surface area contributed by atoms with E-state index in [-0.39, 0.29) is 5.57 Å². The van der Waals surface area contributed by atoms with Crippen LogP contribution in [-0.4, -0.2) is 13.0 Å². The molecule has 0 radical (unpaired) electrons. The van der Waals surface area contributed by atoms with Gasteiger partial charge in [0.15, 0.2) is 0 Å². The minimum absolute atomic E-state index is 0.0299. The smallest absolute Gasteiger partial charge is 0.266 e. The van der Waals surface area contributed by atoms with Crippen LogP contribution in [0.1, 0.15) is 11.1 Å². The van der Waals surface area contributed by atoms with Gasteiger partial charge in [0, 0.05) is 16.3 Å². The molecule has 4 aromatic rings. The summed E-state index contributed by atoms with van der Waals surface area (Å²) in [5, 5.41) is 15.0. The lowest BCUT2D eigenvalue weighted by molar-refractivity contribution is -0.112. The van der Waals surface area contributed by atoms with Crippen molar-refractivity contribution in [1.82, 2.24) is 0 Å². The highest BCUT2D eigenvalue weighted by Gasteiger charge is 2.13. The Morgan fingerprint density at radius 2 is 1.74 bits per heavy atom. The van der Waals surface area contributed by atoms with Crippen molar-refractivity contribution in [2.24, 2.45) is 0 Å². The molecule has 0 aromatic heterocycles. The number of rotatable bonds is 7. The number of nitrogens with one attached hydrogen (secondary N) is 1. The van der Waals surface area contributed by atoms with E-state index in [2.05, 4.69) is 5.32 Å². The third kappa shape index (κ3) is 5.37. The number of fused-ring (bicyclic) bond motifs is 1. The van der Waals surface area contributed by atoms with Crippen molar-refractivity contribution in [3.63, 3.8) is 0 Å². The van der Waals surface area contributed by atoms with Crippen molar-refractivity contribution in [3.05, 3.63) is 107 Å². The van der Waals surface area contributed by atoms with Crippen LogP contribution in [-0.2, 0) is 11.4 Å². The highest BCUT2D eigenvalue weighted by Crippen LogP contribution is 2.30. The Balaban J connectivity index is 1.48. The largest absolute Gasteiger partial charge is 0.496 e. The van der Waals surface area contributed by atoms with E-state index in [4.69, 9.17) is 21.1 Å². The second-order valence-corrected chi connectivity index (χ2v) is 7.90. The van der Waals surface area contributed by atoms with E-state index < -0.39 is 5.91 Å². The molecule has 0 aliphatic rings. The number of carbonyl (C=O) groups is 1. The lowest BCUT2D eigenvalue weighted by atomic mass is 10.0. The monoisotopic (exact) mass is 468 g/mol. The van der Waals surface area contributed by atoms with Gasteiger partial charge < -0.3 is 14.8 Å². The third-order valence-electron chi connectivity index (χ3n) is 5.24. The summed E-state index contributed by atoms with van der Waals surface area (Å²) in [5.74, 6) is 0.734. The van der Waals surface area contributed by atoms with Crippen LogP contribution in [0.25, 0.3) is 16.8 Å². The van der Waals surface area contributed by atoms with Crippen LogP contribution in [0.3, 0.4) is 0 Å². The maximum absolute atomic E-state index is 12.8. The van der Waals surface area contributed by atoms with Crippen LogP contribution >= 0.6 is 11.6 Å². The van der Waals surface area contributed by atoms with E-state index in [9.17, 15) is 10.1 Å². The summed E-state index contributed by atoms with van der Waals surface area (Å²) < 4.78 is 11.2. The number of benzene rings is 4. The van der Waals surface area contributed by atoms with Gasteiger partial charge in [0.1, 0.15) is 29.7 Å². The first kappa shape index (κ1) is 22.9. The van der Waals surface area contributed by atoms with Crippen molar-refractivity contribution < 1.29 is 14.3 Å². The van der Waals surface area contributed by atoms with Gasteiger partial charge >= 0.3 is 0 Å². The molecule has 0 heterocycles. The van der Waals surface area contributed by atoms with Crippen molar-refractivity contribution in [2.45, 2.75) is 6.61 Å². The van der Waals surface area contributed by atoms with Gasteiger partial charge in [-0.05, 0) is 64.9 Å². The molecule has 0 saturated heterocycles. The van der Waals surface area contributed by atoms with E-state index in [0.29, 0.717) is 34.4 Å². The summed E-state index contributed by atoms with van der Waals surface area (Å²) in [6, 6.07) is 27.9. The van der Waals surface area contributed by atoms with Gasteiger partial charge in [-0.1, -0.05) is 54.1 Å². The van der Waals surface area contributed by atoms with Crippen LogP contribution in [0, 0.1) is 11.3 Å². The summed E-state index contributed by atoms with van der Waals surface area (Å²) >= 11 is 5.90. The Labute approximate surface area is 202 Å². The second kappa shape index (κ2) is 10.6. The van der Waals surface area contributed by atoms with E-state index in [1.165, 1.54) is 0 Å². The maximum Gasteiger partial charge on any atom is 0.266 e. The summed E-state index contributed by atoms with van der Waals surface area (Å²) in [6.07, 6.45) is 1.56. The molecule has 1 N–H and O–H groups in total. The number of nitrogens with zero attached hydrogens (tertiary/aromatic N) is 1. The van der Waals surface area contributed by atoms with E-state index in [0.717, 1.165) is 16.3 Å². The fraction of sp³-hybridized carbons (Fsp3) is 0.0714. The molecule has 34 heavy (non-hydrogen) atoms. The molecular formula is C28H21ClN2O3. The lowest BCUT2D eigenvalue weighted by Gasteiger charge is -2.10. The highest BCUT2D eigenvalue weighted by atomic mass is 35.5. The van der Waals surface area contributed by atoms with Gasteiger partial charge in [0.25, 0.3) is 5.91 Å². The fourth-order valence-corrected chi connectivity index (χ4v) is 3.60. The fourth-order valence-electron chi connectivity index (χ4n) is 3.48. The van der Waals surface area contributed by atoms with Gasteiger partial charge in [0.2, 0.25) is 0 Å². The number of ether oxygens (including phenoxy) is 2. The first-order valence-corrected chi connectivity index (χ1v) is 10.9. The first-order valence-electron chi connectivity index (χ1n) is 10.5. The van der Waals surface area contributed by atoms with Gasteiger partial charge in [-0.25, -0.2) is 0 Å². The molecule has 0 aliphatic heterocycles. The Hall–Kier alpha value is -4.27. The Kier molecular flexibility index (Phi) is 7.12. The van der Waals surface area contributed by atoms with Crippen LogP contribution in [0.4, 0.5) is 5.69 Å². The van der Waals surface area contributed by atoms with Crippen LogP contribution < -0.4 is 14.8 Å². The first-order chi connectivity index (χ1) is 16.6. The van der Waals surface area contributed by atoms with Crippen molar-refractivity contribution in [2.75, 3.05) is 12.4 Å². The Bertz CT molecular complexity index is 1390. The Morgan fingerprint density at radius 3 is 2.44 bits per heavy atom. The molecule has 6 heteroatoms. The Morgan fingerprint density at radius 1 is 1.00 bits per heavy atom. The number of hydrogen-bond acceptors (Lipinski definition) is 4. The molecule has 0 fully saturated rings. The SMILES string of the molecule is COc1ccc2ccccc2c1/C=C(\C#N)C(=O)Nc1ccc(OCc2ccc(Cl)cc2)cc1. The number of anilines is 1. The van der Waals surface area contributed by atoms with Gasteiger partial charge in [-0.2, -0.15) is 5.26 Å². The summed E-state index contributed by atoms with van der Waals surface area (Å²) in [7, 11) is 1.56. The molecule has 0 spiro atoms. The second-order valence-electron chi connectivity index (χ2n) is 7.47. The zero-order valence-corrected chi connectivity index (χ0v) is 19.2. The molecule has 4 aromatic carbocycles. The van der Waals surface area contributed by atoms with Crippen molar-refractivity contribution >= 4 is 40.0 Å². The molecule has 0 aliphatic carbocycles. The quantitative estimate of drug-likeness (QED) is 0.244. The van der Waals surface area contributed by atoms with Crippen molar-refractivity contribution in [1.29, 1.82) is 5.26 Å². The maximum atomic E-state index is 12.8. The minimum Gasteiger partial charge on any atom is -0.496 e. The number of hydrogen-bond donors (Lipinski definition) is 1. The minimum atomic E-state index is -0.507. The van der Waals surface area contributed by atoms with Crippen LogP contribution in [0.15, 0.2) is 90.5 Å². The molecule has 5 nitrogen and oxygen atoms in total. The molecule has 0 bridgehead atoms. The number of methoxy groups -OCH3 is 1. The average molecular weight is 469 g/mol. The van der Waals surface area contributed by atoms with Gasteiger partial charge in [-0.3, -0.25) is 4.79 Å². The molecular weight excluding hydrogens is 448 g/mol. The molecule has 1 amide bonds. The molecule has 4 rings (SSSR count). The van der Waals surface area contributed by atoms with Gasteiger partial charge in [-0.15, -0.1) is 0 Å². The highest BCUT2D eigenvalue weighted by molar-refractivity contribution is 6.30. The van der Waals surface area contributed by atoms with Crippen LogP contribution in [0.5, 0.6) is 11.5 Å². The summed E-state index contributed by atoms with van der Waals surface area (Å²) in [5.41, 5.74) is 2.19. The number of nitriles is 1. The number of carbonyl (C=O) groups excluding carboxylic acids is 1. The normalized spacial score (nSPS) is 11.0. The van der Waals surface area contributed by atoms with Crippen LogP contribution in [0.2, 0.25) is 5.02 Å². The van der Waals surface area contributed by atoms with E-state index in [1.807, 2.05) is 66.7 Å². The zero-order valence-electron chi connectivity index (χ0n) is 18.4. The molecule has 168 valence electrons. The molecule has 0 unspecified atom stereocenters. The topological polar surface area (TPSA) is 71.3 Å². The standard InChI is InChI=1S/C28H21ClN2O3/c1-33-27-15-8-20-4-2-3-5-25(20)26(27)16-21(17-30)28(32)31-23-11-13-24(14-12-23)34-18-19-6-9-22(29)10-7-19/h2-16H,18H2,1H3,(H,31,32)/b21-16+. The molecule has 0 saturated carbocycles. The summed E-state index contributed by atoms with van der Waals surface area (Å²) in [6.45, 7) is 0.400. The molecule has 0 atom stereocenters. The van der Waals surface area contributed by atoms with Gasteiger partial charge in [0.05, 0.1) is 7.11 Å². The third-order valence-corrected chi connectivity index (χ3v) is 5.49. The average Bonchev–Trinajstić information content (AvgIpc) is 2.87. The number of amides is 1. The van der Waals surface area contributed by atoms with E-state index >= 15 is 0 Å². The summed E-state index contributed by atoms with van der Waals surface area (Å²) in [4.78, 5) is 12.8. The zero-order chi connectivity index (χ0) is 23.9.